The first-order valence-electron chi connectivity index (χ1n) is 4.94. The lowest BCUT2D eigenvalue weighted by Gasteiger charge is -1.99. The third-order valence-corrected chi connectivity index (χ3v) is 2.73. The zero-order chi connectivity index (χ0) is 11.1. The molecule has 3 aromatic rings. The van der Waals surface area contributed by atoms with Crippen LogP contribution < -0.4 is 5.56 Å². The van der Waals surface area contributed by atoms with E-state index in [-0.39, 0.29) is 5.56 Å². The molecule has 80 valence electrons. The van der Waals surface area contributed by atoms with Crippen LogP contribution in [-0.2, 0) is 7.05 Å². The predicted octanol–water partition coefficient (Wildman–Crippen LogP) is 1.26. The summed E-state index contributed by atoms with van der Waals surface area (Å²) in [5, 5.41) is 7.73. The summed E-state index contributed by atoms with van der Waals surface area (Å²) >= 11 is 0. The van der Waals surface area contributed by atoms with E-state index in [1.165, 1.54) is 0 Å². The summed E-state index contributed by atoms with van der Waals surface area (Å²) in [6, 6.07) is 5.73. The number of fused-ring (bicyclic) bond motifs is 1. The van der Waals surface area contributed by atoms with Crippen molar-refractivity contribution in [3.05, 3.63) is 40.9 Å². The number of aromatic nitrogens is 4. The molecule has 0 saturated carbocycles. The second-order valence-corrected chi connectivity index (χ2v) is 3.67. The number of pyridine rings is 1. The number of nitrogens with zero attached hydrogens (tertiary/aromatic N) is 2. The maximum atomic E-state index is 11.7. The lowest BCUT2D eigenvalue weighted by atomic mass is 10.3. The lowest BCUT2D eigenvalue weighted by molar-refractivity contribution is 0.954. The van der Waals surface area contributed by atoms with E-state index in [1.807, 2.05) is 29.8 Å². The Morgan fingerprint density at radius 3 is 2.94 bits per heavy atom. The summed E-state index contributed by atoms with van der Waals surface area (Å²) in [6.45, 7) is 0. The molecule has 0 radical (unpaired) electrons. The molecule has 5 heteroatoms. The Labute approximate surface area is 90.7 Å². The van der Waals surface area contributed by atoms with Crippen molar-refractivity contribution >= 4 is 10.9 Å². The highest BCUT2D eigenvalue weighted by molar-refractivity contribution is 5.85. The number of rotatable bonds is 1. The molecule has 0 aliphatic heterocycles. The van der Waals surface area contributed by atoms with Gasteiger partial charge in [0.1, 0.15) is 5.52 Å². The van der Waals surface area contributed by atoms with E-state index in [2.05, 4.69) is 15.2 Å². The normalized spacial score (nSPS) is 11.1. The van der Waals surface area contributed by atoms with Crippen molar-refractivity contribution in [1.82, 2.24) is 19.7 Å². The van der Waals surface area contributed by atoms with Gasteiger partial charge in [0, 0.05) is 24.8 Å². The number of H-pyrrole nitrogens is 2. The number of nitrogens with one attached hydrogen (secondary N) is 2. The summed E-state index contributed by atoms with van der Waals surface area (Å²) in [5.41, 5.74) is 2.44. The molecule has 0 aromatic carbocycles. The van der Waals surface area contributed by atoms with Gasteiger partial charge >= 0.3 is 0 Å². The Bertz CT molecular complexity index is 690. The zero-order valence-corrected chi connectivity index (χ0v) is 8.69. The standard InChI is InChI=1S/C11H10N4O/c1-15-9(8-3-5-13-14-8)6-7-2-4-12-11(16)10(7)15/h2-6H,1H3,(H,12,16)(H,13,14). The van der Waals surface area contributed by atoms with Crippen molar-refractivity contribution in [2.75, 3.05) is 0 Å². The largest absolute Gasteiger partial charge is 0.338 e. The molecule has 16 heavy (non-hydrogen) atoms. The Morgan fingerprint density at radius 1 is 1.38 bits per heavy atom. The van der Waals surface area contributed by atoms with E-state index in [0.717, 1.165) is 16.8 Å². The second-order valence-electron chi connectivity index (χ2n) is 3.67. The Morgan fingerprint density at radius 2 is 2.25 bits per heavy atom. The molecule has 5 nitrogen and oxygen atoms in total. The van der Waals surface area contributed by atoms with E-state index in [0.29, 0.717) is 5.52 Å². The van der Waals surface area contributed by atoms with Gasteiger partial charge in [0.2, 0.25) is 0 Å². The van der Waals surface area contributed by atoms with Crippen LogP contribution in [-0.4, -0.2) is 19.7 Å². The highest BCUT2D eigenvalue weighted by atomic mass is 16.1. The monoisotopic (exact) mass is 214 g/mol. The molecule has 0 aliphatic rings. The lowest BCUT2D eigenvalue weighted by Crippen LogP contribution is -2.08. The fourth-order valence-electron chi connectivity index (χ4n) is 1.97. The molecule has 2 N–H and O–H groups in total. The van der Waals surface area contributed by atoms with Crippen molar-refractivity contribution in [3.8, 4) is 11.4 Å². The molecule has 0 unspecified atom stereocenters. The molecule has 0 amide bonds. The van der Waals surface area contributed by atoms with Crippen molar-refractivity contribution in [2.24, 2.45) is 7.05 Å². The van der Waals surface area contributed by atoms with Crippen LogP contribution in [0.1, 0.15) is 0 Å². The van der Waals surface area contributed by atoms with E-state index in [4.69, 9.17) is 0 Å². The SMILES string of the molecule is Cn1c(-c2ccn[nH]2)cc2cc[nH]c(=O)c21. The highest BCUT2D eigenvalue weighted by Crippen LogP contribution is 2.22. The van der Waals surface area contributed by atoms with Crippen molar-refractivity contribution in [1.29, 1.82) is 0 Å². The van der Waals surface area contributed by atoms with Gasteiger partial charge < -0.3 is 9.55 Å². The number of hydrogen-bond donors (Lipinski definition) is 2. The van der Waals surface area contributed by atoms with Crippen molar-refractivity contribution in [3.63, 3.8) is 0 Å². The first-order valence-corrected chi connectivity index (χ1v) is 4.94. The van der Waals surface area contributed by atoms with Crippen LogP contribution in [0.3, 0.4) is 0 Å². The van der Waals surface area contributed by atoms with Gasteiger partial charge in [-0.15, -0.1) is 0 Å². The molecule has 0 bridgehead atoms. The molecule has 0 fully saturated rings. The predicted molar refractivity (Wildman–Crippen MR) is 61.1 cm³/mol. The van der Waals surface area contributed by atoms with Crippen LogP contribution in [0.2, 0.25) is 0 Å². The average Bonchev–Trinajstić information content (AvgIpc) is 2.86. The minimum atomic E-state index is -0.0780. The Hall–Kier alpha value is -2.30. The maximum absolute atomic E-state index is 11.7. The van der Waals surface area contributed by atoms with E-state index in [9.17, 15) is 4.79 Å². The van der Waals surface area contributed by atoms with E-state index in [1.54, 1.807) is 12.4 Å². The smallest absolute Gasteiger partial charge is 0.272 e. The molecular formula is C11H10N4O. The molecule has 0 aliphatic carbocycles. The van der Waals surface area contributed by atoms with Crippen molar-refractivity contribution < 1.29 is 0 Å². The molecular weight excluding hydrogens is 204 g/mol. The van der Waals surface area contributed by atoms with Gasteiger partial charge in [0.25, 0.3) is 5.56 Å². The summed E-state index contributed by atoms with van der Waals surface area (Å²) in [4.78, 5) is 14.4. The third kappa shape index (κ3) is 1.11. The minimum Gasteiger partial charge on any atom is -0.338 e. The molecule has 0 saturated heterocycles. The average molecular weight is 214 g/mol. The zero-order valence-electron chi connectivity index (χ0n) is 8.69. The van der Waals surface area contributed by atoms with E-state index >= 15 is 0 Å². The van der Waals surface area contributed by atoms with Crippen LogP contribution in [0.15, 0.2) is 35.4 Å². The number of aromatic amines is 2. The highest BCUT2D eigenvalue weighted by Gasteiger charge is 2.10. The Kier molecular flexibility index (Phi) is 1.73. The second kappa shape index (κ2) is 3.10. The summed E-state index contributed by atoms with van der Waals surface area (Å²) in [6.07, 6.45) is 3.35. The van der Waals surface area contributed by atoms with Crippen LogP contribution >= 0.6 is 0 Å². The molecule has 3 heterocycles. The van der Waals surface area contributed by atoms with Crippen LogP contribution in [0, 0.1) is 0 Å². The van der Waals surface area contributed by atoms with Gasteiger partial charge in [-0.3, -0.25) is 9.89 Å². The maximum Gasteiger partial charge on any atom is 0.272 e. The summed E-state index contributed by atoms with van der Waals surface area (Å²) < 4.78 is 1.86. The van der Waals surface area contributed by atoms with E-state index < -0.39 is 0 Å². The molecule has 3 aromatic heterocycles. The first-order chi connectivity index (χ1) is 7.77. The fourth-order valence-corrected chi connectivity index (χ4v) is 1.97. The van der Waals surface area contributed by atoms with Gasteiger partial charge in [-0.2, -0.15) is 5.10 Å². The number of hydrogen-bond acceptors (Lipinski definition) is 2. The first kappa shape index (κ1) is 8.96. The summed E-state index contributed by atoms with van der Waals surface area (Å²) in [5.74, 6) is 0. The third-order valence-electron chi connectivity index (χ3n) is 2.73. The number of aryl methyl sites for hydroxylation is 1. The fraction of sp³-hybridized carbons (Fsp3) is 0.0909. The van der Waals surface area contributed by atoms with Gasteiger partial charge in [0.15, 0.2) is 0 Å². The van der Waals surface area contributed by atoms with Gasteiger partial charge in [0.05, 0.1) is 11.4 Å². The molecule has 0 atom stereocenters. The summed E-state index contributed by atoms with van der Waals surface area (Å²) in [7, 11) is 1.87. The molecule has 0 spiro atoms. The van der Waals surface area contributed by atoms with Crippen LogP contribution in [0.5, 0.6) is 0 Å². The van der Waals surface area contributed by atoms with Gasteiger partial charge in [-0.1, -0.05) is 0 Å². The Balaban J connectivity index is 2.41. The van der Waals surface area contributed by atoms with Gasteiger partial charge in [-0.25, -0.2) is 0 Å². The topological polar surface area (TPSA) is 66.5 Å². The van der Waals surface area contributed by atoms with Crippen LogP contribution in [0.4, 0.5) is 0 Å². The minimum absolute atomic E-state index is 0.0780. The van der Waals surface area contributed by atoms with Gasteiger partial charge in [-0.05, 0) is 18.2 Å². The molecule has 3 rings (SSSR count). The quantitative estimate of drug-likeness (QED) is 0.640. The van der Waals surface area contributed by atoms with Crippen molar-refractivity contribution in [2.45, 2.75) is 0 Å². The van der Waals surface area contributed by atoms with Crippen LogP contribution in [0.25, 0.3) is 22.3 Å².